The first kappa shape index (κ1) is 14.3. The number of likely N-dealkylation sites (N-methyl/N-ethyl adjacent to an activating group) is 2. The number of imide groups is 1. The number of pyridine rings is 1. The number of piperidine rings is 1. The third kappa shape index (κ3) is 1.91. The second kappa shape index (κ2) is 4.98. The quantitative estimate of drug-likeness (QED) is 0.717. The van der Waals surface area contributed by atoms with E-state index in [9.17, 15) is 9.59 Å². The Morgan fingerprint density at radius 1 is 1.23 bits per heavy atom. The fourth-order valence-corrected chi connectivity index (χ4v) is 3.24. The third-order valence-electron chi connectivity index (χ3n) is 4.71. The molecule has 0 N–H and O–H groups in total. The second-order valence-electron chi connectivity index (χ2n) is 5.74. The lowest BCUT2D eigenvalue weighted by molar-refractivity contribution is -0.133. The molecule has 7 heteroatoms. The minimum Gasteiger partial charge on any atom is -0.356 e. The number of rotatable bonds is 1. The molecule has 3 rings (SSSR count). The lowest BCUT2D eigenvalue weighted by atomic mass is 9.86. The average Bonchev–Trinajstić information content (AvgIpc) is 2.72. The molecule has 2 aliphatic rings. The van der Waals surface area contributed by atoms with Crippen LogP contribution in [0.2, 0.25) is 0 Å². The molecule has 0 unspecified atom stereocenters. The summed E-state index contributed by atoms with van der Waals surface area (Å²) < 4.78 is 0. The van der Waals surface area contributed by atoms with Gasteiger partial charge in [0.05, 0.1) is 5.56 Å². The SMILES string of the molecule is CN1C(=O)N(C)C2(CCN(c3ccc(C#N)cn3)CC2)C1=O. The van der Waals surface area contributed by atoms with Crippen molar-refractivity contribution in [1.29, 1.82) is 5.26 Å². The number of hydrogen-bond donors (Lipinski definition) is 0. The third-order valence-corrected chi connectivity index (χ3v) is 4.71. The standard InChI is InChI=1S/C15H17N5O2/c1-18-13(21)15(19(2)14(18)22)5-7-20(8-6-15)12-4-3-11(9-16)10-17-12/h3-4,10H,5-8H2,1-2H3. The van der Waals surface area contributed by atoms with E-state index in [2.05, 4.69) is 9.88 Å². The number of nitrogens with zero attached hydrogens (tertiary/aromatic N) is 5. The summed E-state index contributed by atoms with van der Waals surface area (Å²) >= 11 is 0. The molecule has 7 nitrogen and oxygen atoms in total. The predicted octanol–water partition coefficient (Wildman–Crippen LogP) is 0.816. The Labute approximate surface area is 128 Å². The smallest absolute Gasteiger partial charge is 0.327 e. The van der Waals surface area contributed by atoms with Crippen LogP contribution in [0.4, 0.5) is 10.6 Å². The number of carbonyl (C=O) groups is 2. The van der Waals surface area contributed by atoms with Crippen molar-refractivity contribution in [2.75, 3.05) is 32.1 Å². The molecule has 0 aliphatic carbocycles. The molecule has 0 saturated carbocycles. The Morgan fingerprint density at radius 3 is 2.36 bits per heavy atom. The van der Waals surface area contributed by atoms with Gasteiger partial charge in [0, 0.05) is 33.4 Å². The molecule has 3 amide bonds. The highest BCUT2D eigenvalue weighted by Gasteiger charge is 2.55. The predicted molar refractivity (Wildman–Crippen MR) is 79.1 cm³/mol. The van der Waals surface area contributed by atoms with Crippen LogP contribution >= 0.6 is 0 Å². The van der Waals surface area contributed by atoms with Crippen LogP contribution in [0.5, 0.6) is 0 Å². The molecule has 22 heavy (non-hydrogen) atoms. The van der Waals surface area contributed by atoms with Crippen LogP contribution in [0.15, 0.2) is 18.3 Å². The van der Waals surface area contributed by atoms with Crippen LogP contribution in [0.3, 0.4) is 0 Å². The minimum absolute atomic E-state index is 0.118. The Hall–Kier alpha value is -2.62. The highest BCUT2D eigenvalue weighted by atomic mass is 16.2. The number of hydrogen-bond acceptors (Lipinski definition) is 5. The second-order valence-corrected chi connectivity index (χ2v) is 5.74. The van der Waals surface area contributed by atoms with Crippen molar-refractivity contribution >= 4 is 17.8 Å². The number of carbonyl (C=O) groups excluding carboxylic acids is 2. The van der Waals surface area contributed by atoms with Gasteiger partial charge in [-0.15, -0.1) is 0 Å². The number of aromatic nitrogens is 1. The van der Waals surface area contributed by atoms with Gasteiger partial charge in [0.2, 0.25) is 0 Å². The summed E-state index contributed by atoms with van der Waals surface area (Å²) in [6, 6.07) is 5.35. The van der Waals surface area contributed by atoms with Gasteiger partial charge < -0.3 is 9.80 Å². The van der Waals surface area contributed by atoms with Gasteiger partial charge in [0.15, 0.2) is 0 Å². The maximum absolute atomic E-state index is 12.4. The monoisotopic (exact) mass is 299 g/mol. The van der Waals surface area contributed by atoms with Gasteiger partial charge in [-0.1, -0.05) is 0 Å². The van der Waals surface area contributed by atoms with Crippen molar-refractivity contribution in [3.05, 3.63) is 23.9 Å². The van der Waals surface area contributed by atoms with E-state index in [-0.39, 0.29) is 11.9 Å². The van der Waals surface area contributed by atoms with E-state index in [4.69, 9.17) is 5.26 Å². The first-order chi connectivity index (χ1) is 10.5. The molecule has 0 bridgehead atoms. The van der Waals surface area contributed by atoms with Gasteiger partial charge in [-0.3, -0.25) is 9.69 Å². The van der Waals surface area contributed by atoms with Crippen LogP contribution in [0, 0.1) is 11.3 Å². The minimum atomic E-state index is -0.713. The lowest BCUT2D eigenvalue weighted by Gasteiger charge is -2.41. The van der Waals surface area contributed by atoms with Gasteiger partial charge in [-0.05, 0) is 25.0 Å². The van der Waals surface area contributed by atoms with Crippen molar-refractivity contribution in [1.82, 2.24) is 14.8 Å². The van der Waals surface area contributed by atoms with E-state index in [1.807, 2.05) is 12.1 Å². The van der Waals surface area contributed by atoms with Gasteiger partial charge in [-0.25, -0.2) is 9.78 Å². The average molecular weight is 299 g/mol. The molecule has 2 fully saturated rings. The van der Waals surface area contributed by atoms with Gasteiger partial charge >= 0.3 is 6.03 Å². The molecule has 0 aromatic carbocycles. The van der Waals surface area contributed by atoms with Crippen LogP contribution in [0.1, 0.15) is 18.4 Å². The van der Waals surface area contributed by atoms with Crippen molar-refractivity contribution < 1.29 is 9.59 Å². The fourth-order valence-electron chi connectivity index (χ4n) is 3.24. The summed E-state index contributed by atoms with van der Waals surface area (Å²) in [5.41, 5.74) is -0.190. The van der Waals surface area contributed by atoms with Crippen molar-refractivity contribution in [3.8, 4) is 6.07 Å². The largest absolute Gasteiger partial charge is 0.356 e. The molecule has 0 radical (unpaired) electrons. The van der Waals surface area contributed by atoms with Crippen LogP contribution in [0.25, 0.3) is 0 Å². The van der Waals surface area contributed by atoms with E-state index in [0.717, 1.165) is 5.82 Å². The van der Waals surface area contributed by atoms with Crippen LogP contribution < -0.4 is 4.90 Å². The number of amides is 3. The zero-order valence-electron chi connectivity index (χ0n) is 12.6. The fraction of sp³-hybridized carbons (Fsp3) is 0.467. The van der Waals surface area contributed by atoms with Gasteiger partial charge in [0.25, 0.3) is 5.91 Å². The van der Waals surface area contributed by atoms with Crippen LogP contribution in [-0.4, -0.2) is 59.4 Å². The maximum atomic E-state index is 12.4. The van der Waals surface area contributed by atoms with Gasteiger partial charge in [-0.2, -0.15) is 5.26 Å². The molecule has 1 aromatic rings. The van der Waals surface area contributed by atoms with Crippen LogP contribution in [-0.2, 0) is 4.79 Å². The zero-order valence-corrected chi connectivity index (χ0v) is 12.6. The molecule has 0 atom stereocenters. The zero-order chi connectivity index (χ0) is 15.9. The van der Waals surface area contributed by atoms with Gasteiger partial charge in [0.1, 0.15) is 17.4 Å². The molecule has 114 valence electrons. The van der Waals surface area contributed by atoms with Crippen molar-refractivity contribution in [2.24, 2.45) is 0 Å². The molecule has 2 aliphatic heterocycles. The number of anilines is 1. The van der Waals surface area contributed by atoms with E-state index < -0.39 is 5.54 Å². The van der Waals surface area contributed by atoms with E-state index in [1.54, 1.807) is 24.2 Å². The first-order valence-electron chi connectivity index (χ1n) is 7.17. The lowest BCUT2D eigenvalue weighted by Crippen LogP contribution is -2.55. The summed E-state index contributed by atoms with van der Waals surface area (Å²) in [5, 5.41) is 8.80. The number of nitriles is 1. The van der Waals surface area contributed by atoms with E-state index in [0.29, 0.717) is 31.5 Å². The Bertz CT molecular complexity index is 656. The summed E-state index contributed by atoms with van der Waals surface area (Å²) in [5.74, 6) is 0.675. The first-order valence-corrected chi connectivity index (χ1v) is 7.17. The van der Waals surface area contributed by atoms with Crippen molar-refractivity contribution in [3.63, 3.8) is 0 Å². The summed E-state index contributed by atoms with van der Waals surface area (Å²) in [4.78, 5) is 33.5. The summed E-state index contributed by atoms with van der Waals surface area (Å²) in [6.07, 6.45) is 2.71. The Kier molecular flexibility index (Phi) is 3.24. The molecule has 3 heterocycles. The van der Waals surface area contributed by atoms with E-state index >= 15 is 0 Å². The Balaban J connectivity index is 1.76. The maximum Gasteiger partial charge on any atom is 0.327 e. The normalized spacial score (nSPS) is 20.7. The topological polar surface area (TPSA) is 80.5 Å². The summed E-state index contributed by atoms with van der Waals surface area (Å²) in [6.45, 7) is 1.30. The molecule has 2 saturated heterocycles. The molecular weight excluding hydrogens is 282 g/mol. The van der Waals surface area contributed by atoms with Crippen molar-refractivity contribution in [2.45, 2.75) is 18.4 Å². The number of urea groups is 1. The Morgan fingerprint density at radius 2 is 1.91 bits per heavy atom. The highest BCUT2D eigenvalue weighted by Crippen LogP contribution is 2.36. The molecule has 1 spiro atoms. The van der Waals surface area contributed by atoms with E-state index in [1.165, 1.54) is 11.9 Å². The summed E-state index contributed by atoms with van der Waals surface area (Å²) in [7, 11) is 3.23. The molecule has 1 aromatic heterocycles. The molecular formula is C15H17N5O2. The highest BCUT2D eigenvalue weighted by molar-refractivity contribution is 6.06.